The molecule has 1 aliphatic rings. The number of hydrogen-bond donors (Lipinski definition) is 1. The quantitative estimate of drug-likeness (QED) is 0.179. The van der Waals surface area contributed by atoms with E-state index in [4.69, 9.17) is 16.3 Å². The highest BCUT2D eigenvalue weighted by molar-refractivity contribution is 7.09. The van der Waals surface area contributed by atoms with Gasteiger partial charge in [0.1, 0.15) is 17.3 Å². The van der Waals surface area contributed by atoms with Crippen molar-refractivity contribution in [2.75, 3.05) is 0 Å². The third-order valence-corrected chi connectivity index (χ3v) is 6.79. The van der Waals surface area contributed by atoms with Gasteiger partial charge in [-0.2, -0.15) is 0 Å². The lowest BCUT2D eigenvalue weighted by molar-refractivity contribution is -0.140. The van der Waals surface area contributed by atoms with Crippen molar-refractivity contribution < 1.29 is 19.4 Å². The molecular formula is C28H20ClNO4S. The molecule has 4 aromatic rings. The molecule has 0 aliphatic carbocycles. The van der Waals surface area contributed by atoms with Crippen LogP contribution in [0.2, 0.25) is 5.02 Å². The number of para-hydroxylation sites is 1. The zero-order valence-electron chi connectivity index (χ0n) is 18.4. The van der Waals surface area contributed by atoms with Crippen LogP contribution in [-0.2, 0) is 16.1 Å². The number of carbonyl (C=O) groups excluding carboxylic acids is 2. The van der Waals surface area contributed by atoms with Crippen molar-refractivity contribution in [2.24, 2.45) is 0 Å². The molecule has 1 saturated heterocycles. The topological polar surface area (TPSA) is 66.8 Å². The second-order valence-corrected chi connectivity index (χ2v) is 9.47. The van der Waals surface area contributed by atoms with Crippen LogP contribution in [0.25, 0.3) is 5.76 Å². The summed E-state index contributed by atoms with van der Waals surface area (Å²) in [7, 11) is 0. The van der Waals surface area contributed by atoms with E-state index in [1.165, 1.54) is 16.2 Å². The van der Waals surface area contributed by atoms with Crippen LogP contribution in [0.4, 0.5) is 0 Å². The van der Waals surface area contributed by atoms with Gasteiger partial charge in [0.2, 0.25) is 0 Å². The summed E-state index contributed by atoms with van der Waals surface area (Å²) in [5, 5.41) is 13.5. The number of ketones is 1. The van der Waals surface area contributed by atoms with Crippen LogP contribution in [0.3, 0.4) is 0 Å². The van der Waals surface area contributed by atoms with Gasteiger partial charge in [0.05, 0.1) is 18.2 Å². The number of amides is 1. The Bertz CT molecular complexity index is 1420. The van der Waals surface area contributed by atoms with Crippen LogP contribution < -0.4 is 4.74 Å². The zero-order valence-corrected chi connectivity index (χ0v) is 20.0. The second-order valence-electron chi connectivity index (χ2n) is 8.00. The van der Waals surface area contributed by atoms with Gasteiger partial charge in [-0.1, -0.05) is 60.1 Å². The van der Waals surface area contributed by atoms with Crippen molar-refractivity contribution in [2.45, 2.75) is 12.6 Å². The van der Waals surface area contributed by atoms with Crippen molar-refractivity contribution in [3.05, 3.63) is 123 Å². The van der Waals surface area contributed by atoms with Gasteiger partial charge in [0.15, 0.2) is 0 Å². The molecule has 1 aromatic heterocycles. The van der Waals surface area contributed by atoms with Crippen molar-refractivity contribution in [1.29, 1.82) is 0 Å². The number of hydrogen-bond acceptors (Lipinski definition) is 5. The molecule has 3 aromatic carbocycles. The van der Waals surface area contributed by atoms with E-state index in [2.05, 4.69) is 0 Å². The molecule has 174 valence electrons. The maximum absolute atomic E-state index is 13.2. The van der Waals surface area contributed by atoms with Gasteiger partial charge in [-0.3, -0.25) is 9.59 Å². The predicted molar refractivity (Wildman–Crippen MR) is 137 cm³/mol. The smallest absolute Gasteiger partial charge is 0.295 e. The number of thiophene rings is 1. The van der Waals surface area contributed by atoms with Crippen molar-refractivity contribution in [1.82, 2.24) is 4.90 Å². The first-order valence-electron chi connectivity index (χ1n) is 10.9. The van der Waals surface area contributed by atoms with Crippen molar-refractivity contribution >= 4 is 40.4 Å². The lowest BCUT2D eigenvalue weighted by Crippen LogP contribution is -2.28. The number of rotatable bonds is 6. The normalized spacial score (nSPS) is 17.1. The predicted octanol–water partition coefficient (Wildman–Crippen LogP) is 6.82. The molecule has 1 fully saturated rings. The van der Waals surface area contributed by atoms with Gasteiger partial charge in [-0.15, -0.1) is 11.3 Å². The third-order valence-electron chi connectivity index (χ3n) is 5.70. The molecule has 1 unspecified atom stereocenters. The van der Waals surface area contributed by atoms with Crippen LogP contribution >= 0.6 is 22.9 Å². The molecule has 1 N–H and O–H groups in total. The first kappa shape index (κ1) is 22.9. The highest BCUT2D eigenvalue weighted by atomic mass is 35.5. The molecule has 2 heterocycles. The Morgan fingerprint density at radius 1 is 0.914 bits per heavy atom. The van der Waals surface area contributed by atoms with Gasteiger partial charge < -0.3 is 14.7 Å². The summed E-state index contributed by atoms with van der Waals surface area (Å²) >= 11 is 7.62. The summed E-state index contributed by atoms with van der Waals surface area (Å²) in [5.74, 6) is -0.451. The van der Waals surface area contributed by atoms with Gasteiger partial charge in [-0.05, 0) is 53.4 Å². The minimum atomic E-state index is -0.796. The number of nitrogens with zero attached hydrogens (tertiary/aromatic N) is 1. The Kier molecular flexibility index (Phi) is 6.40. The Labute approximate surface area is 211 Å². The molecule has 0 spiro atoms. The number of halogens is 1. The Balaban J connectivity index is 1.62. The summed E-state index contributed by atoms with van der Waals surface area (Å²) in [6, 6.07) is 26.1. The maximum atomic E-state index is 13.2. The van der Waals surface area contributed by atoms with Crippen molar-refractivity contribution in [3.8, 4) is 11.5 Å². The minimum absolute atomic E-state index is 0.0192. The fourth-order valence-electron chi connectivity index (χ4n) is 4.12. The minimum Gasteiger partial charge on any atom is -0.507 e. The lowest BCUT2D eigenvalue weighted by Gasteiger charge is -2.25. The number of aliphatic hydroxyl groups is 1. The van der Waals surface area contributed by atoms with E-state index in [1.54, 1.807) is 42.5 Å². The van der Waals surface area contributed by atoms with E-state index < -0.39 is 17.7 Å². The fourth-order valence-corrected chi connectivity index (χ4v) is 5.02. The van der Waals surface area contributed by atoms with Gasteiger partial charge in [0.25, 0.3) is 11.7 Å². The number of Topliss-reactive ketones (excluding diaryl/α,β-unsaturated/α-hetero) is 1. The highest BCUT2D eigenvalue weighted by Crippen LogP contribution is 2.42. The van der Waals surface area contributed by atoms with E-state index in [1.807, 2.05) is 53.9 Å². The van der Waals surface area contributed by atoms with E-state index in [-0.39, 0.29) is 17.9 Å². The lowest BCUT2D eigenvalue weighted by atomic mass is 9.95. The van der Waals surface area contributed by atoms with E-state index >= 15 is 0 Å². The van der Waals surface area contributed by atoms with E-state index in [0.717, 1.165) is 4.88 Å². The first-order valence-corrected chi connectivity index (χ1v) is 12.2. The largest absolute Gasteiger partial charge is 0.507 e. The van der Waals surface area contributed by atoms with Gasteiger partial charge in [-0.25, -0.2) is 0 Å². The third kappa shape index (κ3) is 4.71. The van der Waals surface area contributed by atoms with Gasteiger partial charge >= 0.3 is 0 Å². The number of carbonyl (C=O) groups is 2. The average Bonchev–Trinajstić information content (AvgIpc) is 3.47. The SMILES string of the molecule is O=C1C(=O)N(Cc2cccs2)C(c2cccc(Oc3ccccc3)c2)/C1=C(/O)c1cccc(Cl)c1. The molecule has 5 rings (SSSR count). The zero-order chi connectivity index (χ0) is 24.4. The molecule has 1 atom stereocenters. The first-order chi connectivity index (χ1) is 17.0. The number of ether oxygens (including phenoxy) is 1. The summed E-state index contributed by atoms with van der Waals surface area (Å²) in [4.78, 5) is 28.8. The van der Waals surface area contributed by atoms with Gasteiger partial charge in [0, 0.05) is 15.5 Å². The Morgan fingerprint density at radius 2 is 1.69 bits per heavy atom. The molecule has 0 bridgehead atoms. The number of aliphatic hydroxyl groups excluding tert-OH is 1. The molecule has 35 heavy (non-hydrogen) atoms. The second kappa shape index (κ2) is 9.78. The average molecular weight is 502 g/mol. The molecule has 0 saturated carbocycles. The number of benzene rings is 3. The molecule has 0 radical (unpaired) electrons. The summed E-state index contributed by atoms with van der Waals surface area (Å²) in [6.07, 6.45) is 0. The molecule has 1 aliphatic heterocycles. The van der Waals surface area contributed by atoms with Crippen LogP contribution in [0.15, 0.2) is 102 Å². The van der Waals surface area contributed by atoms with Crippen LogP contribution in [0.5, 0.6) is 11.5 Å². The van der Waals surface area contributed by atoms with Crippen LogP contribution in [0.1, 0.15) is 22.0 Å². The van der Waals surface area contributed by atoms with E-state index in [9.17, 15) is 14.7 Å². The monoisotopic (exact) mass is 501 g/mol. The standard InChI is InChI=1S/C28H20ClNO4S/c29-20-9-4-8-19(15-20)26(31)24-25(30(28(33)27(24)32)17-23-13-6-14-35-23)18-7-5-12-22(16-18)34-21-10-2-1-3-11-21/h1-16,25,31H,17H2/b26-24-. The molecule has 5 nitrogen and oxygen atoms in total. The number of likely N-dealkylation sites (tertiary alicyclic amines) is 1. The fraction of sp³-hybridized carbons (Fsp3) is 0.0714. The van der Waals surface area contributed by atoms with Crippen LogP contribution in [0, 0.1) is 0 Å². The van der Waals surface area contributed by atoms with Crippen LogP contribution in [-0.4, -0.2) is 21.7 Å². The Morgan fingerprint density at radius 3 is 2.43 bits per heavy atom. The van der Waals surface area contributed by atoms with E-state index in [0.29, 0.717) is 27.6 Å². The Hall–Kier alpha value is -3.87. The summed E-state index contributed by atoms with van der Waals surface area (Å²) in [5.41, 5.74) is 1.04. The maximum Gasteiger partial charge on any atom is 0.295 e. The van der Waals surface area contributed by atoms with Crippen molar-refractivity contribution in [3.63, 3.8) is 0 Å². The summed E-state index contributed by atoms with van der Waals surface area (Å²) in [6.45, 7) is 0.239. The molecular weight excluding hydrogens is 482 g/mol. The highest BCUT2D eigenvalue weighted by Gasteiger charge is 2.46. The summed E-state index contributed by atoms with van der Waals surface area (Å²) < 4.78 is 5.99. The molecule has 1 amide bonds. The molecule has 7 heteroatoms.